The third-order valence-corrected chi connectivity index (χ3v) is 3.47. The molecule has 0 radical (unpaired) electrons. The molecule has 20 heavy (non-hydrogen) atoms. The maximum absolute atomic E-state index is 11.9. The second-order valence-corrected chi connectivity index (χ2v) is 5.04. The number of hydrogen-bond acceptors (Lipinski definition) is 4. The van der Waals surface area contributed by atoms with E-state index in [1.165, 1.54) is 0 Å². The third-order valence-electron chi connectivity index (χ3n) is 3.47. The number of carbonyl (C=O) groups excluding carboxylic acids is 2. The Bertz CT molecular complexity index is 437. The molecule has 2 amide bonds. The van der Waals surface area contributed by atoms with Crippen molar-refractivity contribution in [3.05, 3.63) is 24.2 Å². The van der Waals surface area contributed by atoms with Crippen LogP contribution in [-0.2, 0) is 16.0 Å². The Morgan fingerprint density at radius 2 is 2.05 bits per heavy atom. The molecule has 1 N–H and O–H groups in total. The molecule has 0 unspecified atom stereocenters. The van der Waals surface area contributed by atoms with Crippen LogP contribution in [0, 0.1) is 0 Å². The number of hydrogen-bond donors (Lipinski definition) is 1. The Morgan fingerprint density at radius 3 is 2.70 bits per heavy atom. The van der Waals surface area contributed by atoms with Gasteiger partial charge in [-0.1, -0.05) is 0 Å². The second kappa shape index (κ2) is 7.09. The van der Waals surface area contributed by atoms with Crippen LogP contribution in [-0.4, -0.2) is 61.4 Å². The van der Waals surface area contributed by atoms with Gasteiger partial charge in [-0.2, -0.15) is 0 Å². The summed E-state index contributed by atoms with van der Waals surface area (Å²) in [7, 11) is 2.04. The van der Waals surface area contributed by atoms with E-state index in [9.17, 15) is 9.59 Å². The van der Waals surface area contributed by atoms with E-state index in [2.05, 4.69) is 10.2 Å². The molecule has 6 heteroatoms. The third kappa shape index (κ3) is 4.38. The molecule has 1 fully saturated rings. The van der Waals surface area contributed by atoms with Gasteiger partial charge in [0.1, 0.15) is 5.76 Å². The topological polar surface area (TPSA) is 65.8 Å². The van der Waals surface area contributed by atoms with E-state index in [1.807, 2.05) is 13.1 Å². The van der Waals surface area contributed by atoms with Crippen LogP contribution in [0.5, 0.6) is 0 Å². The second-order valence-electron chi connectivity index (χ2n) is 5.04. The van der Waals surface area contributed by atoms with Crippen molar-refractivity contribution in [2.75, 3.05) is 39.8 Å². The minimum Gasteiger partial charge on any atom is -0.469 e. The lowest BCUT2D eigenvalue weighted by atomic mass is 10.2. The standard InChI is InChI=1S/C14H21N3O3/c1-16-6-8-17(9-7-16)14(19)11-15-13(18)5-4-12-3-2-10-20-12/h2-3,10H,4-9,11H2,1H3,(H,15,18). The first-order chi connectivity index (χ1) is 9.65. The summed E-state index contributed by atoms with van der Waals surface area (Å²) in [6.07, 6.45) is 2.48. The van der Waals surface area contributed by atoms with Gasteiger partial charge in [-0.25, -0.2) is 0 Å². The molecule has 2 heterocycles. The summed E-state index contributed by atoms with van der Waals surface area (Å²) in [6, 6.07) is 3.63. The molecule has 110 valence electrons. The first-order valence-electron chi connectivity index (χ1n) is 6.90. The Hall–Kier alpha value is -1.82. The first-order valence-corrected chi connectivity index (χ1v) is 6.90. The molecule has 2 rings (SSSR count). The number of nitrogens with one attached hydrogen (secondary N) is 1. The number of rotatable bonds is 5. The van der Waals surface area contributed by atoms with Crippen molar-refractivity contribution in [3.8, 4) is 0 Å². The van der Waals surface area contributed by atoms with Crippen LogP contribution in [0.2, 0.25) is 0 Å². The number of aryl methyl sites for hydroxylation is 1. The van der Waals surface area contributed by atoms with Crippen molar-refractivity contribution < 1.29 is 14.0 Å². The van der Waals surface area contributed by atoms with Crippen molar-refractivity contribution in [3.63, 3.8) is 0 Å². The van der Waals surface area contributed by atoms with E-state index in [0.29, 0.717) is 12.8 Å². The fourth-order valence-corrected chi connectivity index (χ4v) is 2.12. The van der Waals surface area contributed by atoms with Crippen molar-refractivity contribution in [2.45, 2.75) is 12.8 Å². The normalized spacial score (nSPS) is 16.1. The summed E-state index contributed by atoms with van der Waals surface area (Å²) in [5, 5.41) is 2.67. The number of furan rings is 1. The molecule has 0 aliphatic carbocycles. The summed E-state index contributed by atoms with van der Waals surface area (Å²) in [5.41, 5.74) is 0. The van der Waals surface area contributed by atoms with Crippen LogP contribution in [0.3, 0.4) is 0 Å². The van der Waals surface area contributed by atoms with E-state index in [0.717, 1.165) is 31.9 Å². The molecular formula is C14H21N3O3. The van der Waals surface area contributed by atoms with Gasteiger partial charge in [-0.05, 0) is 19.2 Å². The smallest absolute Gasteiger partial charge is 0.242 e. The van der Waals surface area contributed by atoms with Crippen molar-refractivity contribution >= 4 is 11.8 Å². The number of piperazine rings is 1. The average Bonchev–Trinajstić information content (AvgIpc) is 2.96. The summed E-state index contributed by atoms with van der Waals surface area (Å²) in [4.78, 5) is 27.5. The lowest BCUT2D eigenvalue weighted by Gasteiger charge is -2.32. The zero-order chi connectivity index (χ0) is 14.4. The highest BCUT2D eigenvalue weighted by Gasteiger charge is 2.19. The Kier molecular flexibility index (Phi) is 5.17. The molecule has 0 saturated carbocycles. The lowest BCUT2D eigenvalue weighted by Crippen LogP contribution is -2.50. The molecule has 0 spiro atoms. The van der Waals surface area contributed by atoms with E-state index >= 15 is 0 Å². The van der Waals surface area contributed by atoms with Crippen LogP contribution < -0.4 is 5.32 Å². The van der Waals surface area contributed by atoms with Crippen LogP contribution in [0.4, 0.5) is 0 Å². The fourth-order valence-electron chi connectivity index (χ4n) is 2.12. The van der Waals surface area contributed by atoms with Gasteiger partial charge in [-0.3, -0.25) is 9.59 Å². The van der Waals surface area contributed by atoms with Gasteiger partial charge in [0.25, 0.3) is 0 Å². The minimum atomic E-state index is -0.121. The SMILES string of the molecule is CN1CCN(C(=O)CNC(=O)CCc2ccco2)CC1. The van der Waals surface area contributed by atoms with Crippen molar-refractivity contribution in [1.82, 2.24) is 15.1 Å². The van der Waals surface area contributed by atoms with Crippen molar-refractivity contribution in [1.29, 1.82) is 0 Å². The summed E-state index contributed by atoms with van der Waals surface area (Å²) in [6.45, 7) is 3.33. The average molecular weight is 279 g/mol. The van der Waals surface area contributed by atoms with Gasteiger partial charge in [0, 0.05) is 39.0 Å². The minimum absolute atomic E-state index is 0.00977. The lowest BCUT2D eigenvalue weighted by molar-refractivity contribution is -0.134. The summed E-state index contributed by atoms with van der Waals surface area (Å²) >= 11 is 0. The van der Waals surface area contributed by atoms with Crippen LogP contribution in [0.25, 0.3) is 0 Å². The molecule has 0 atom stereocenters. The molecule has 1 aromatic heterocycles. The Balaban J connectivity index is 1.64. The highest BCUT2D eigenvalue weighted by molar-refractivity contribution is 5.84. The molecule has 1 aliphatic heterocycles. The predicted molar refractivity (Wildman–Crippen MR) is 74.1 cm³/mol. The molecular weight excluding hydrogens is 258 g/mol. The zero-order valence-electron chi connectivity index (χ0n) is 11.8. The van der Waals surface area contributed by atoms with Gasteiger partial charge in [0.2, 0.25) is 11.8 Å². The van der Waals surface area contributed by atoms with Gasteiger partial charge in [-0.15, -0.1) is 0 Å². The number of amides is 2. The van der Waals surface area contributed by atoms with Gasteiger partial charge in [0.05, 0.1) is 12.8 Å². The fraction of sp³-hybridized carbons (Fsp3) is 0.571. The highest BCUT2D eigenvalue weighted by atomic mass is 16.3. The van der Waals surface area contributed by atoms with Crippen molar-refractivity contribution in [2.24, 2.45) is 0 Å². The molecule has 0 aromatic carbocycles. The monoisotopic (exact) mass is 279 g/mol. The Morgan fingerprint density at radius 1 is 1.30 bits per heavy atom. The summed E-state index contributed by atoms with van der Waals surface area (Å²) in [5.74, 6) is 0.652. The van der Waals surface area contributed by atoms with Crippen LogP contribution in [0.15, 0.2) is 22.8 Å². The Labute approximate surface area is 118 Å². The predicted octanol–water partition coefficient (Wildman–Crippen LogP) is 0.102. The maximum Gasteiger partial charge on any atom is 0.242 e. The highest BCUT2D eigenvalue weighted by Crippen LogP contribution is 2.03. The van der Waals surface area contributed by atoms with Crippen LogP contribution in [0.1, 0.15) is 12.2 Å². The zero-order valence-corrected chi connectivity index (χ0v) is 11.8. The molecule has 0 bridgehead atoms. The van der Waals surface area contributed by atoms with Crippen LogP contribution >= 0.6 is 0 Å². The summed E-state index contributed by atoms with van der Waals surface area (Å²) < 4.78 is 5.15. The molecule has 1 aliphatic rings. The van der Waals surface area contributed by atoms with Gasteiger partial charge in [0.15, 0.2) is 0 Å². The molecule has 6 nitrogen and oxygen atoms in total. The quantitative estimate of drug-likeness (QED) is 0.830. The number of carbonyl (C=O) groups is 2. The van der Waals surface area contributed by atoms with E-state index in [-0.39, 0.29) is 18.4 Å². The number of likely N-dealkylation sites (N-methyl/N-ethyl adjacent to an activating group) is 1. The number of nitrogens with zero attached hydrogens (tertiary/aromatic N) is 2. The van der Waals surface area contributed by atoms with E-state index < -0.39 is 0 Å². The van der Waals surface area contributed by atoms with Gasteiger partial charge < -0.3 is 19.5 Å². The maximum atomic E-state index is 11.9. The van der Waals surface area contributed by atoms with Gasteiger partial charge >= 0.3 is 0 Å². The molecule has 1 saturated heterocycles. The molecule has 1 aromatic rings. The first kappa shape index (κ1) is 14.6. The van der Waals surface area contributed by atoms with E-state index in [1.54, 1.807) is 17.2 Å². The van der Waals surface area contributed by atoms with E-state index in [4.69, 9.17) is 4.42 Å². The largest absolute Gasteiger partial charge is 0.469 e.